The van der Waals surface area contributed by atoms with E-state index in [1.807, 2.05) is 24.8 Å². The van der Waals surface area contributed by atoms with E-state index in [9.17, 15) is 0 Å². The van der Waals surface area contributed by atoms with Crippen molar-refractivity contribution in [2.24, 2.45) is 0 Å². The molecular weight excluding hydrogens is 330 g/mol. The van der Waals surface area contributed by atoms with Crippen LogP contribution in [-0.4, -0.2) is 15.0 Å². The Morgan fingerprint density at radius 1 is 0.852 bits per heavy atom. The molecule has 0 saturated carbocycles. The zero-order valence-electron chi connectivity index (χ0n) is 17.0. The molecule has 0 spiro atoms. The van der Waals surface area contributed by atoms with Crippen molar-refractivity contribution < 1.29 is 0 Å². The van der Waals surface area contributed by atoms with Gasteiger partial charge in [-0.3, -0.25) is 15.0 Å². The van der Waals surface area contributed by atoms with Gasteiger partial charge in [0.15, 0.2) is 0 Å². The maximum Gasteiger partial charge on any atom is 0.0432 e. The summed E-state index contributed by atoms with van der Waals surface area (Å²) in [5, 5.41) is 0. The quantitative estimate of drug-likeness (QED) is 0.531. The van der Waals surface area contributed by atoms with E-state index in [-0.39, 0.29) is 0 Å². The largest absolute Gasteiger partial charge is 0.264 e. The number of hydrogen-bond acceptors (Lipinski definition) is 3. The first-order chi connectivity index (χ1) is 13.0. The predicted molar refractivity (Wildman–Crippen MR) is 112 cm³/mol. The normalized spacial score (nSPS) is 12.6. The number of hydrogen-bond donors (Lipinski definition) is 0. The molecule has 3 aromatic heterocycles. The molecule has 0 aliphatic heterocycles. The van der Waals surface area contributed by atoms with Crippen LogP contribution < -0.4 is 0 Å². The van der Waals surface area contributed by atoms with Crippen molar-refractivity contribution in [2.75, 3.05) is 0 Å². The van der Waals surface area contributed by atoms with Gasteiger partial charge >= 0.3 is 0 Å². The van der Waals surface area contributed by atoms with Crippen LogP contribution in [0, 0.1) is 0 Å². The number of rotatable bonds is 6. The fourth-order valence-electron chi connectivity index (χ4n) is 3.39. The van der Waals surface area contributed by atoms with E-state index in [2.05, 4.69) is 74.9 Å². The Morgan fingerprint density at radius 3 is 2.41 bits per heavy atom. The second-order valence-corrected chi connectivity index (χ2v) is 7.94. The van der Waals surface area contributed by atoms with Gasteiger partial charge in [-0.2, -0.15) is 0 Å². The van der Waals surface area contributed by atoms with Crippen molar-refractivity contribution in [1.29, 1.82) is 0 Å². The first kappa shape index (κ1) is 19.2. The minimum absolute atomic E-state index is 0.353. The summed E-state index contributed by atoms with van der Waals surface area (Å²) in [4.78, 5) is 13.7. The lowest BCUT2D eigenvalue weighted by Gasteiger charge is -2.16. The van der Waals surface area contributed by atoms with E-state index < -0.39 is 0 Å². The van der Waals surface area contributed by atoms with Gasteiger partial charge in [-0.05, 0) is 59.6 Å². The number of pyridine rings is 3. The maximum absolute atomic E-state index is 4.83. The minimum atomic E-state index is 0.353. The van der Waals surface area contributed by atoms with Gasteiger partial charge in [0.25, 0.3) is 0 Å². The van der Waals surface area contributed by atoms with Crippen molar-refractivity contribution >= 4 is 0 Å². The van der Waals surface area contributed by atoms with E-state index in [1.54, 1.807) is 0 Å². The first-order valence-corrected chi connectivity index (χ1v) is 9.80. The monoisotopic (exact) mass is 359 g/mol. The van der Waals surface area contributed by atoms with E-state index in [1.165, 1.54) is 16.7 Å². The fraction of sp³-hybridized carbons (Fsp3) is 0.375. The van der Waals surface area contributed by atoms with Crippen LogP contribution in [0.25, 0.3) is 11.1 Å². The Balaban J connectivity index is 1.86. The van der Waals surface area contributed by atoms with Crippen molar-refractivity contribution in [1.82, 2.24) is 15.0 Å². The van der Waals surface area contributed by atoms with Gasteiger partial charge in [-0.1, -0.05) is 40.7 Å². The molecule has 3 nitrogen and oxygen atoms in total. The molecule has 3 heterocycles. The number of aromatic nitrogens is 3. The van der Waals surface area contributed by atoms with Crippen molar-refractivity contribution in [3.63, 3.8) is 0 Å². The summed E-state index contributed by atoms with van der Waals surface area (Å²) in [6.45, 7) is 11.0. The van der Waals surface area contributed by atoms with Gasteiger partial charge < -0.3 is 0 Å². The smallest absolute Gasteiger partial charge is 0.0432 e. The zero-order valence-corrected chi connectivity index (χ0v) is 17.0. The lowest BCUT2D eigenvalue weighted by atomic mass is 9.92. The Kier molecular flexibility index (Phi) is 6.00. The molecule has 1 atom stereocenters. The van der Waals surface area contributed by atoms with Crippen molar-refractivity contribution in [2.45, 2.75) is 58.8 Å². The average Bonchev–Trinajstić information content (AvgIpc) is 2.68. The van der Waals surface area contributed by atoms with Gasteiger partial charge in [0.1, 0.15) is 0 Å². The zero-order chi connectivity index (χ0) is 19.4. The average molecular weight is 360 g/mol. The Bertz CT molecular complexity index is 899. The molecule has 0 bridgehead atoms. The van der Waals surface area contributed by atoms with Crippen molar-refractivity contribution in [3.8, 4) is 11.1 Å². The van der Waals surface area contributed by atoms with E-state index >= 15 is 0 Å². The SMILES string of the molecule is CC(C)c1cccc(C[C@@H](C)c2cncc(-c3cnccc3C(C)C)c2)n1. The molecule has 0 aliphatic carbocycles. The molecular formula is C24H29N3. The molecule has 3 aromatic rings. The molecule has 0 fully saturated rings. The van der Waals surface area contributed by atoms with Gasteiger partial charge in [0.2, 0.25) is 0 Å². The summed E-state index contributed by atoms with van der Waals surface area (Å²) < 4.78 is 0. The molecule has 0 N–H and O–H groups in total. The van der Waals surface area contributed by atoms with Gasteiger partial charge in [0, 0.05) is 47.3 Å². The van der Waals surface area contributed by atoms with Crippen LogP contribution >= 0.6 is 0 Å². The van der Waals surface area contributed by atoms with Crippen LogP contribution in [0.3, 0.4) is 0 Å². The maximum atomic E-state index is 4.83. The highest BCUT2D eigenvalue weighted by Gasteiger charge is 2.13. The highest BCUT2D eigenvalue weighted by Crippen LogP contribution is 2.30. The number of nitrogens with zero attached hydrogens (tertiary/aromatic N) is 3. The summed E-state index contributed by atoms with van der Waals surface area (Å²) in [5.41, 5.74) is 7.16. The Morgan fingerprint density at radius 2 is 1.67 bits per heavy atom. The topological polar surface area (TPSA) is 38.7 Å². The molecule has 0 saturated heterocycles. The lowest BCUT2D eigenvalue weighted by molar-refractivity contribution is 0.721. The van der Waals surface area contributed by atoms with Gasteiger partial charge in [0.05, 0.1) is 0 Å². The third kappa shape index (κ3) is 4.60. The molecule has 0 aliphatic rings. The molecule has 0 radical (unpaired) electrons. The van der Waals surface area contributed by atoms with E-state index in [0.29, 0.717) is 17.8 Å². The van der Waals surface area contributed by atoms with Crippen LogP contribution in [0.15, 0.2) is 55.1 Å². The molecule has 0 unspecified atom stereocenters. The molecule has 140 valence electrons. The second-order valence-electron chi connectivity index (χ2n) is 7.94. The first-order valence-electron chi connectivity index (χ1n) is 9.80. The Hall–Kier alpha value is -2.55. The van der Waals surface area contributed by atoms with Crippen LogP contribution in [0.4, 0.5) is 0 Å². The molecule has 3 rings (SSSR count). The third-order valence-electron chi connectivity index (χ3n) is 5.05. The fourth-order valence-corrected chi connectivity index (χ4v) is 3.39. The predicted octanol–water partition coefficient (Wildman–Crippen LogP) is 6.13. The standard InChI is InChI=1S/C24H29N3/c1-16(2)22-9-10-25-15-23(22)20-12-19(13-26-14-20)18(5)11-21-7-6-8-24(27-21)17(3)4/h6-10,12-18H,11H2,1-5H3/t18-/m1/s1. The minimum Gasteiger partial charge on any atom is -0.264 e. The lowest BCUT2D eigenvalue weighted by Crippen LogP contribution is -2.04. The highest BCUT2D eigenvalue weighted by atomic mass is 14.7. The van der Waals surface area contributed by atoms with Crippen LogP contribution in [0.5, 0.6) is 0 Å². The van der Waals surface area contributed by atoms with Crippen molar-refractivity contribution in [3.05, 3.63) is 77.6 Å². The van der Waals surface area contributed by atoms with Crippen LogP contribution in [0.1, 0.15) is 74.9 Å². The Labute approximate surface area is 162 Å². The molecule has 0 aromatic carbocycles. The van der Waals surface area contributed by atoms with E-state index in [0.717, 1.165) is 23.4 Å². The molecule has 27 heavy (non-hydrogen) atoms. The van der Waals surface area contributed by atoms with Gasteiger partial charge in [-0.15, -0.1) is 0 Å². The van der Waals surface area contributed by atoms with Gasteiger partial charge in [-0.25, -0.2) is 0 Å². The van der Waals surface area contributed by atoms with Crippen LogP contribution in [-0.2, 0) is 6.42 Å². The third-order valence-corrected chi connectivity index (χ3v) is 5.05. The summed E-state index contributed by atoms with van der Waals surface area (Å²) in [5.74, 6) is 1.25. The second kappa shape index (κ2) is 8.43. The highest BCUT2D eigenvalue weighted by molar-refractivity contribution is 5.66. The summed E-state index contributed by atoms with van der Waals surface area (Å²) in [6.07, 6.45) is 8.65. The molecule has 3 heteroatoms. The molecule has 0 amide bonds. The van der Waals surface area contributed by atoms with E-state index in [4.69, 9.17) is 4.98 Å². The van der Waals surface area contributed by atoms with Crippen LogP contribution in [0.2, 0.25) is 0 Å². The summed E-state index contributed by atoms with van der Waals surface area (Å²) >= 11 is 0. The summed E-state index contributed by atoms with van der Waals surface area (Å²) in [7, 11) is 0. The summed E-state index contributed by atoms with van der Waals surface area (Å²) in [6, 6.07) is 10.7.